The summed E-state index contributed by atoms with van der Waals surface area (Å²) in [6.45, 7) is 0.528. The summed E-state index contributed by atoms with van der Waals surface area (Å²) >= 11 is 1.56. The van der Waals surface area contributed by atoms with E-state index in [0.717, 1.165) is 35.4 Å². The normalized spacial score (nSPS) is 17.4. The van der Waals surface area contributed by atoms with Crippen LogP contribution in [0.25, 0.3) is 10.6 Å². The fraction of sp³-hybridized carbons (Fsp3) is 0.300. The van der Waals surface area contributed by atoms with Gasteiger partial charge in [0.1, 0.15) is 5.69 Å². The molecular weight excluding hydrogens is 394 g/mol. The molecule has 8 heteroatoms. The van der Waals surface area contributed by atoms with Gasteiger partial charge in [-0.25, -0.2) is 13.1 Å². The first-order valence-electron chi connectivity index (χ1n) is 9.28. The molecule has 1 aliphatic heterocycles. The Morgan fingerprint density at radius 3 is 2.64 bits per heavy atom. The summed E-state index contributed by atoms with van der Waals surface area (Å²) in [6, 6.07) is 12.3. The summed E-state index contributed by atoms with van der Waals surface area (Å²) in [7, 11) is -3.54. The van der Waals surface area contributed by atoms with Gasteiger partial charge in [-0.15, -0.1) is 11.3 Å². The third-order valence-corrected chi connectivity index (χ3v) is 8.20. The van der Waals surface area contributed by atoms with E-state index in [2.05, 4.69) is 5.10 Å². The number of rotatable bonds is 4. The number of hydrogen-bond acceptors (Lipinski definition) is 5. The van der Waals surface area contributed by atoms with E-state index in [-0.39, 0.29) is 24.7 Å². The van der Waals surface area contributed by atoms with Gasteiger partial charge in [0.2, 0.25) is 10.0 Å². The Morgan fingerprint density at radius 2 is 1.86 bits per heavy atom. The number of hydrogen-bond donors (Lipinski definition) is 0. The van der Waals surface area contributed by atoms with Crippen molar-refractivity contribution in [3.8, 4) is 10.6 Å². The topological polar surface area (TPSA) is 72.3 Å². The minimum Gasteiger partial charge on any atom is -0.268 e. The molecule has 0 unspecified atom stereocenters. The zero-order valence-electron chi connectivity index (χ0n) is 15.1. The second kappa shape index (κ2) is 6.65. The van der Waals surface area contributed by atoms with Crippen LogP contribution in [0.2, 0.25) is 0 Å². The molecule has 2 aromatic heterocycles. The van der Waals surface area contributed by atoms with Crippen LogP contribution < -0.4 is 5.56 Å². The molecule has 0 spiro atoms. The van der Waals surface area contributed by atoms with Gasteiger partial charge in [-0.05, 0) is 60.0 Å². The molecule has 0 saturated carbocycles. The third-order valence-electron chi connectivity index (χ3n) is 5.48. The van der Waals surface area contributed by atoms with Crippen LogP contribution in [0, 0.1) is 0 Å². The van der Waals surface area contributed by atoms with E-state index in [9.17, 15) is 13.2 Å². The van der Waals surface area contributed by atoms with Gasteiger partial charge in [0.15, 0.2) is 0 Å². The molecule has 0 radical (unpaired) electrons. The second-order valence-electron chi connectivity index (χ2n) is 7.24. The van der Waals surface area contributed by atoms with Crippen molar-refractivity contribution in [1.29, 1.82) is 0 Å². The third kappa shape index (κ3) is 2.92. The lowest BCUT2D eigenvalue weighted by Crippen LogP contribution is -2.53. The molecule has 1 fully saturated rings. The molecule has 3 aromatic rings. The molecule has 0 amide bonds. The highest BCUT2D eigenvalue weighted by Gasteiger charge is 2.39. The van der Waals surface area contributed by atoms with Crippen LogP contribution in [0.4, 0.5) is 0 Å². The SMILES string of the molecule is O=c1ccc(-c2cccs2)nn1C1CN(S(=O)(=O)c2ccc3c(c2)CCC3)C1. The average molecular weight is 414 g/mol. The van der Waals surface area contributed by atoms with Gasteiger partial charge < -0.3 is 0 Å². The van der Waals surface area contributed by atoms with Crippen LogP contribution in [-0.2, 0) is 22.9 Å². The predicted molar refractivity (Wildman–Crippen MR) is 108 cm³/mol. The van der Waals surface area contributed by atoms with Gasteiger partial charge in [-0.1, -0.05) is 12.1 Å². The van der Waals surface area contributed by atoms with Crippen LogP contribution in [0.3, 0.4) is 0 Å². The number of thiophene rings is 1. The summed E-state index contributed by atoms with van der Waals surface area (Å²) in [5.74, 6) is 0. The number of aromatic nitrogens is 2. The molecule has 0 bridgehead atoms. The largest absolute Gasteiger partial charge is 0.268 e. The maximum atomic E-state index is 12.9. The lowest BCUT2D eigenvalue weighted by Gasteiger charge is -2.38. The number of fused-ring (bicyclic) bond motifs is 1. The molecule has 1 aliphatic carbocycles. The molecule has 0 N–H and O–H groups in total. The Bertz CT molecular complexity index is 1190. The van der Waals surface area contributed by atoms with Crippen LogP contribution >= 0.6 is 11.3 Å². The van der Waals surface area contributed by atoms with E-state index in [1.807, 2.05) is 29.6 Å². The Balaban J connectivity index is 1.37. The first kappa shape index (κ1) is 17.8. The highest BCUT2D eigenvalue weighted by Crippen LogP contribution is 2.31. The molecule has 0 atom stereocenters. The first-order valence-corrected chi connectivity index (χ1v) is 11.6. The van der Waals surface area contributed by atoms with Crippen LogP contribution in [0.15, 0.2) is 57.5 Å². The number of benzene rings is 1. The summed E-state index contributed by atoms with van der Waals surface area (Å²) in [5.41, 5.74) is 2.91. The van der Waals surface area contributed by atoms with Gasteiger partial charge in [0.25, 0.3) is 5.56 Å². The van der Waals surface area contributed by atoms with Gasteiger partial charge >= 0.3 is 0 Å². The van der Waals surface area contributed by atoms with Crippen molar-refractivity contribution in [3.05, 3.63) is 69.3 Å². The Kier molecular flexibility index (Phi) is 4.22. The van der Waals surface area contributed by atoms with Crippen LogP contribution in [0.5, 0.6) is 0 Å². The molecule has 1 saturated heterocycles. The standard InChI is InChI=1S/C20H19N3O3S2/c24-20-9-8-18(19-5-2-10-27-19)21-23(20)16-12-22(13-16)28(25,26)17-7-6-14-3-1-4-15(14)11-17/h2,5-11,16H,1,3-4,12-13H2. The van der Waals surface area contributed by atoms with Crippen molar-refractivity contribution in [2.75, 3.05) is 13.1 Å². The van der Waals surface area contributed by atoms with E-state index in [4.69, 9.17) is 0 Å². The van der Waals surface area contributed by atoms with Crippen molar-refractivity contribution < 1.29 is 8.42 Å². The zero-order valence-corrected chi connectivity index (χ0v) is 16.7. The van der Waals surface area contributed by atoms with E-state index in [1.165, 1.54) is 20.6 Å². The Hall–Kier alpha value is -2.29. The average Bonchev–Trinajstić information content (AvgIpc) is 3.32. The molecule has 144 valence electrons. The van der Waals surface area contributed by atoms with E-state index in [0.29, 0.717) is 4.90 Å². The summed E-state index contributed by atoms with van der Waals surface area (Å²) in [5, 5.41) is 6.43. The summed E-state index contributed by atoms with van der Waals surface area (Å²) in [6.07, 6.45) is 3.05. The first-order chi connectivity index (χ1) is 13.5. The second-order valence-corrected chi connectivity index (χ2v) is 10.1. The minimum absolute atomic E-state index is 0.208. The van der Waals surface area contributed by atoms with E-state index >= 15 is 0 Å². The Labute approximate surface area is 167 Å². The quantitative estimate of drug-likeness (QED) is 0.659. The molecule has 5 rings (SSSR count). The highest BCUT2D eigenvalue weighted by atomic mass is 32.2. The monoisotopic (exact) mass is 413 g/mol. The highest BCUT2D eigenvalue weighted by molar-refractivity contribution is 7.89. The van der Waals surface area contributed by atoms with Crippen LogP contribution in [0.1, 0.15) is 23.6 Å². The van der Waals surface area contributed by atoms with E-state index in [1.54, 1.807) is 23.5 Å². The van der Waals surface area contributed by atoms with Gasteiger partial charge in [-0.3, -0.25) is 4.79 Å². The van der Waals surface area contributed by atoms with Crippen molar-refractivity contribution in [3.63, 3.8) is 0 Å². The maximum absolute atomic E-state index is 12.9. The maximum Gasteiger partial charge on any atom is 0.267 e. The lowest BCUT2D eigenvalue weighted by atomic mass is 10.1. The number of sulfonamides is 1. The van der Waals surface area contributed by atoms with Crippen molar-refractivity contribution in [2.24, 2.45) is 0 Å². The number of aryl methyl sites for hydroxylation is 2. The number of nitrogens with zero attached hydrogens (tertiary/aromatic N) is 3. The zero-order chi connectivity index (χ0) is 19.3. The molecule has 6 nitrogen and oxygen atoms in total. The molecular formula is C20H19N3O3S2. The molecule has 28 heavy (non-hydrogen) atoms. The van der Waals surface area contributed by atoms with Crippen LogP contribution in [-0.4, -0.2) is 35.6 Å². The molecule has 2 aliphatic rings. The summed E-state index contributed by atoms with van der Waals surface area (Å²) < 4.78 is 28.8. The smallest absolute Gasteiger partial charge is 0.267 e. The Morgan fingerprint density at radius 1 is 1.04 bits per heavy atom. The minimum atomic E-state index is -3.54. The van der Waals surface area contributed by atoms with Gasteiger partial charge in [0.05, 0.1) is 15.8 Å². The summed E-state index contributed by atoms with van der Waals surface area (Å²) in [4.78, 5) is 13.6. The van der Waals surface area contributed by atoms with E-state index < -0.39 is 10.0 Å². The molecule has 1 aromatic carbocycles. The van der Waals surface area contributed by atoms with Gasteiger partial charge in [0, 0.05) is 19.2 Å². The fourth-order valence-electron chi connectivity index (χ4n) is 3.87. The predicted octanol–water partition coefficient (Wildman–Crippen LogP) is 2.71. The van der Waals surface area contributed by atoms with Crippen molar-refractivity contribution in [2.45, 2.75) is 30.2 Å². The lowest BCUT2D eigenvalue weighted by molar-refractivity contribution is 0.186. The van der Waals surface area contributed by atoms with Crippen molar-refractivity contribution in [1.82, 2.24) is 14.1 Å². The molecule has 3 heterocycles. The van der Waals surface area contributed by atoms with Gasteiger partial charge in [-0.2, -0.15) is 9.40 Å². The fourth-order valence-corrected chi connectivity index (χ4v) is 6.12. The van der Waals surface area contributed by atoms with Crippen molar-refractivity contribution >= 4 is 21.4 Å².